The van der Waals surface area contributed by atoms with Crippen LogP contribution in [0.15, 0.2) is 35.4 Å². The molecule has 0 bridgehead atoms. The van der Waals surface area contributed by atoms with Gasteiger partial charge in [0.25, 0.3) is 5.56 Å². The second-order valence-electron chi connectivity index (χ2n) is 4.05. The van der Waals surface area contributed by atoms with E-state index in [-0.39, 0.29) is 5.56 Å². The molecule has 0 unspecified atom stereocenters. The van der Waals surface area contributed by atoms with Crippen molar-refractivity contribution in [3.05, 3.63) is 52.2 Å². The van der Waals surface area contributed by atoms with Gasteiger partial charge in [0.05, 0.1) is 0 Å². The first-order chi connectivity index (χ1) is 8.78. The van der Waals surface area contributed by atoms with Crippen LogP contribution in [0, 0.1) is 0 Å². The summed E-state index contributed by atoms with van der Waals surface area (Å²) in [5.74, 6) is 0.509. The lowest BCUT2D eigenvalue weighted by Gasteiger charge is -2.06. The predicted molar refractivity (Wildman–Crippen MR) is 70.4 cm³/mol. The summed E-state index contributed by atoms with van der Waals surface area (Å²) in [5, 5.41) is 3.09. The van der Waals surface area contributed by atoms with Crippen LogP contribution in [0.25, 0.3) is 0 Å². The fourth-order valence-corrected chi connectivity index (χ4v) is 1.66. The lowest BCUT2D eigenvalue weighted by Crippen LogP contribution is -2.14. The number of rotatable bonds is 5. The largest absolute Gasteiger partial charge is 0.352 e. The molecule has 0 radical (unpaired) electrons. The maximum absolute atomic E-state index is 11.4. The Hall–Kier alpha value is -2.17. The van der Waals surface area contributed by atoms with E-state index in [1.54, 1.807) is 18.5 Å². The summed E-state index contributed by atoms with van der Waals surface area (Å²) in [6.07, 6.45) is 5.29. The maximum Gasteiger partial charge on any atom is 0.252 e. The second kappa shape index (κ2) is 5.95. The topological polar surface area (TPSA) is 70.7 Å². The molecule has 0 aromatic carbocycles. The minimum Gasteiger partial charge on any atom is -0.352 e. The average molecular weight is 244 g/mol. The first-order valence-corrected chi connectivity index (χ1v) is 6.01. The number of hydrogen-bond donors (Lipinski definition) is 2. The van der Waals surface area contributed by atoms with Crippen molar-refractivity contribution in [1.29, 1.82) is 0 Å². The van der Waals surface area contributed by atoms with E-state index in [1.807, 2.05) is 12.1 Å². The van der Waals surface area contributed by atoms with Crippen molar-refractivity contribution in [2.24, 2.45) is 0 Å². The molecule has 0 aliphatic rings. The van der Waals surface area contributed by atoms with E-state index < -0.39 is 0 Å². The van der Waals surface area contributed by atoms with E-state index in [9.17, 15) is 4.79 Å². The molecule has 2 N–H and O–H groups in total. The Morgan fingerprint density at radius 2 is 2.33 bits per heavy atom. The summed E-state index contributed by atoms with van der Waals surface area (Å²) in [4.78, 5) is 22.5. The third-order valence-electron chi connectivity index (χ3n) is 2.48. The molecule has 0 atom stereocenters. The molecule has 2 aromatic heterocycles. The molecule has 18 heavy (non-hydrogen) atoms. The minimum absolute atomic E-state index is 0.123. The number of aromatic amines is 1. The van der Waals surface area contributed by atoms with Gasteiger partial charge in [-0.15, -0.1) is 0 Å². The van der Waals surface area contributed by atoms with Crippen LogP contribution >= 0.6 is 0 Å². The van der Waals surface area contributed by atoms with Crippen LogP contribution in [0.5, 0.6) is 0 Å². The van der Waals surface area contributed by atoms with E-state index in [0.29, 0.717) is 12.5 Å². The van der Waals surface area contributed by atoms with E-state index >= 15 is 0 Å². The van der Waals surface area contributed by atoms with Crippen molar-refractivity contribution in [1.82, 2.24) is 15.0 Å². The lowest BCUT2D eigenvalue weighted by atomic mass is 10.2. The predicted octanol–water partition coefficient (Wildman–Crippen LogP) is 1.73. The van der Waals surface area contributed by atoms with Crippen LogP contribution in [0.4, 0.5) is 5.95 Å². The van der Waals surface area contributed by atoms with Gasteiger partial charge in [-0.05, 0) is 18.1 Å². The first kappa shape index (κ1) is 12.3. The summed E-state index contributed by atoms with van der Waals surface area (Å²) in [7, 11) is 0. The minimum atomic E-state index is -0.123. The van der Waals surface area contributed by atoms with Gasteiger partial charge in [0.2, 0.25) is 5.95 Å². The molecule has 2 aromatic rings. The Bertz CT molecular complexity index is 550. The Balaban J connectivity index is 2.07. The Kier molecular flexibility index (Phi) is 4.06. The zero-order valence-corrected chi connectivity index (χ0v) is 10.3. The molecule has 0 amide bonds. The number of hydrogen-bond acceptors (Lipinski definition) is 4. The molecular formula is C13H16N4O. The van der Waals surface area contributed by atoms with E-state index in [1.165, 1.54) is 0 Å². The molecule has 0 spiro atoms. The number of aromatic nitrogens is 3. The quantitative estimate of drug-likeness (QED) is 0.840. The summed E-state index contributed by atoms with van der Waals surface area (Å²) < 4.78 is 0. The highest BCUT2D eigenvalue weighted by Crippen LogP contribution is 2.03. The molecule has 2 rings (SSSR count). The smallest absolute Gasteiger partial charge is 0.252 e. The highest BCUT2D eigenvalue weighted by molar-refractivity contribution is 5.27. The van der Waals surface area contributed by atoms with Gasteiger partial charge in [0, 0.05) is 30.7 Å². The monoisotopic (exact) mass is 244 g/mol. The SMILES string of the molecule is CCCc1cc(=O)[nH]c(NCc2cccnc2)n1. The van der Waals surface area contributed by atoms with Crippen molar-refractivity contribution < 1.29 is 0 Å². The zero-order chi connectivity index (χ0) is 12.8. The average Bonchev–Trinajstić information content (AvgIpc) is 2.37. The molecule has 0 aliphatic heterocycles. The Labute approximate surface area is 105 Å². The van der Waals surface area contributed by atoms with Crippen LogP contribution in [-0.4, -0.2) is 15.0 Å². The van der Waals surface area contributed by atoms with Crippen LogP contribution in [0.3, 0.4) is 0 Å². The number of nitrogens with one attached hydrogen (secondary N) is 2. The van der Waals surface area contributed by atoms with E-state index in [2.05, 4.69) is 27.2 Å². The molecule has 0 aliphatic carbocycles. The van der Waals surface area contributed by atoms with Gasteiger partial charge in [-0.3, -0.25) is 14.8 Å². The van der Waals surface area contributed by atoms with Crippen LogP contribution < -0.4 is 10.9 Å². The van der Waals surface area contributed by atoms with Crippen molar-refractivity contribution in [3.8, 4) is 0 Å². The lowest BCUT2D eigenvalue weighted by molar-refractivity contribution is 0.864. The van der Waals surface area contributed by atoms with Crippen molar-refractivity contribution in [3.63, 3.8) is 0 Å². The normalized spacial score (nSPS) is 10.3. The van der Waals surface area contributed by atoms with Gasteiger partial charge in [-0.1, -0.05) is 19.4 Å². The van der Waals surface area contributed by atoms with Gasteiger partial charge in [-0.2, -0.15) is 0 Å². The number of H-pyrrole nitrogens is 1. The maximum atomic E-state index is 11.4. The van der Waals surface area contributed by atoms with Crippen molar-refractivity contribution in [2.75, 3.05) is 5.32 Å². The summed E-state index contributed by atoms with van der Waals surface area (Å²) >= 11 is 0. The number of anilines is 1. The molecule has 2 heterocycles. The molecule has 0 fully saturated rings. The van der Waals surface area contributed by atoms with Gasteiger partial charge in [0.1, 0.15) is 0 Å². The molecule has 5 heteroatoms. The standard InChI is InChI=1S/C13H16N4O/c1-2-4-11-7-12(18)17-13(16-11)15-9-10-5-3-6-14-8-10/h3,5-8H,2,4,9H2,1H3,(H2,15,16,17,18). The first-order valence-electron chi connectivity index (χ1n) is 6.01. The number of nitrogens with zero attached hydrogens (tertiary/aromatic N) is 2. The molecule has 94 valence electrons. The molecule has 0 saturated heterocycles. The molecular weight excluding hydrogens is 228 g/mol. The fraction of sp³-hybridized carbons (Fsp3) is 0.308. The summed E-state index contributed by atoms with van der Waals surface area (Å²) in [6.45, 7) is 2.65. The summed E-state index contributed by atoms with van der Waals surface area (Å²) in [5.41, 5.74) is 1.73. The molecule has 0 saturated carbocycles. The van der Waals surface area contributed by atoms with Crippen molar-refractivity contribution >= 4 is 5.95 Å². The number of pyridine rings is 1. The Morgan fingerprint density at radius 1 is 1.44 bits per heavy atom. The zero-order valence-electron chi connectivity index (χ0n) is 10.3. The van der Waals surface area contributed by atoms with Crippen LogP contribution in [0.2, 0.25) is 0 Å². The highest BCUT2D eigenvalue weighted by atomic mass is 16.1. The summed E-state index contributed by atoms with van der Waals surface area (Å²) in [6, 6.07) is 5.38. The van der Waals surface area contributed by atoms with Crippen LogP contribution in [-0.2, 0) is 13.0 Å². The van der Waals surface area contributed by atoms with Gasteiger partial charge >= 0.3 is 0 Å². The second-order valence-corrected chi connectivity index (χ2v) is 4.05. The highest BCUT2D eigenvalue weighted by Gasteiger charge is 2.00. The van der Waals surface area contributed by atoms with E-state index in [4.69, 9.17) is 0 Å². The van der Waals surface area contributed by atoms with Gasteiger partial charge in [0.15, 0.2) is 0 Å². The Morgan fingerprint density at radius 3 is 3.06 bits per heavy atom. The van der Waals surface area contributed by atoms with Gasteiger partial charge in [-0.25, -0.2) is 4.98 Å². The van der Waals surface area contributed by atoms with Gasteiger partial charge < -0.3 is 5.32 Å². The van der Waals surface area contributed by atoms with E-state index in [0.717, 1.165) is 24.1 Å². The van der Waals surface area contributed by atoms with Crippen molar-refractivity contribution in [2.45, 2.75) is 26.3 Å². The third kappa shape index (κ3) is 3.41. The van der Waals surface area contributed by atoms with Crippen LogP contribution in [0.1, 0.15) is 24.6 Å². The molecule has 5 nitrogen and oxygen atoms in total. The third-order valence-corrected chi connectivity index (χ3v) is 2.48. The fourth-order valence-electron chi connectivity index (χ4n) is 1.66. The number of aryl methyl sites for hydroxylation is 1.